The van der Waals surface area contributed by atoms with Gasteiger partial charge in [-0.1, -0.05) is 24.3 Å². The zero-order valence-corrected chi connectivity index (χ0v) is 9.26. The molecular formula is C13H17F2N. The van der Waals surface area contributed by atoms with Crippen LogP contribution in [0.15, 0.2) is 24.3 Å². The molecule has 88 valence electrons. The minimum atomic E-state index is -2.25. The molecule has 0 radical (unpaired) electrons. The molecule has 1 N–H and O–H groups in total. The van der Waals surface area contributed by atoms with Gasteiger partial charge in [0.25, 0.3) is 0 Å². The molecule has 16 heavy (non-hydrogen) atoms. The number of hydrogen-bond donors (Lipinski definition) is 1. The van der Waals surface area contributed by atoms with Crippen molar-refractivity contribution in [1.82, 2.24) is 5.32 Å². The molecule has 0 unspecified atom stereocenters. The van der Waals surface area contributed by atoms with Crippen molar-refractivity contribution >= 4 is 0 Å². The van der Waals surface area contributed by atoms with E-state index in [1.807, 2.05) is 24.3 Å². The Hall–Kier alpha value is -0.960. The number of benzene rings is 1. The zero-order valence-electron chi connectivity index (χ0n) is 9.26. The number of alkyl halides is 2. The van der Waals surface area contributed by atoms with Gasteiger partial charge in [0, 0.05) is 6.42 Å². The summed E-state index contributed by atoms with van der Waals surface area (Å²) < 4.78 is 24.9. The highest BCUT2D eigenvalue weighted by Gasteiger charge is 2.19. The van der Waals surface area contributed by atoms with E-state index in [4.69, 9.17) is 0 Å². The van der Waals surface area contributed by atoms with E-state index in [0.717, 1.165) is 37.1 Å². The fourth-order valence-electron chi connectivity index (χ4n) is 2.42. The van der Waals surface area contributed by atoms with Crippen LogP contribution in [-0.2, 0) is 6.42 Å². The summed E-state index contributed by atoms with van der Waals surface area (Å²) in [6.07, 6.45) is -0.247. The topological polar surface area (TPSA) is 12.0 Å². The third-order valence-electron chi connectivity index (χ3n) is 3.21. The fourth-order valence-corrected chi connectivity index (χ4v) is 2.42. The van der Waals surface area contributed by atoms with Gasteiger partial charge in [0.05, 0.1) is 0 Å². The van der Waals surface area contributed by atoms with E-state index in [-0.39, 0.29) is 6.42 Å². The van der Waals surface area contributed by atoms with E-state index in [9.17, 15) is 8.78 Å². The maximum atomic E-state index is 12.5. The van der Waals surface area contributed by atoms with Crippen LogP contribution in [-0.4, -0.2) is 19.5 Å². The smallest absolute Gasteiger partial charge is 0.242 e. The van der Waals surface area contributed by atoms with E-state index >= 15 is 0 Å². The van der Waals surface area contributed by atoms with Crippen molar-refractivity contribution in [2.24, 2.45) is 0 Å². The fraction of sp³-hybridized carbons (Fsp3) is 0.538. The number of piperidine rings is 1. The molecule has 1 aromatic rings. The van der Waals surface area contributed by atoms with Crippen molar-refractivity contribution in [2.45, 2.75) is 31.6 Å². The molecule has 1 saturated heterocycles. The molecular weight excluding hydrogens is 208 g/mol. The van der Waals surface area contributed by atoms with Gasteiger partial charge in [0.2, 0.25) is 6.43 Å². The Morgan fingerprint density at radius 3 is 2.56 bits per heavy atom. The average molecular weight is 225 g/mol. The van der Waals surface area contributed by atoms with Crippen LogP contribution in [0.5, 0.6) is 0 Å². The predicted octanol–water partition coefficient (Wildman–Crippen LogP) is 2.96. The lowest BCUT2D eigenvalue weighted by atomic mass is 9.86. The van der Waals surface area contributed by atoms with Crippen LogP contribution >= 0.6 is 0 Å². The second-order valence-corrected chi connectivity index (χ2v) is 4.32. The Labute approximate surface area is 94.9 Å². The van der Waals surface area contributed by atoms with E-state index < -0.39 is 6.43 Å². The summed E-state index contributed by atoms with van der Waals surface area (Å²) in [7, 11) is 0. The Bertz CT molecular complexity index is 332. The number of nitrogens with one attached hydrogen (secondary N) is 1. The van der Waals surface area contributed by atoms with E-state index in [0.29, 0.717) is 5.92 Å². The van der Waals surface area contributed by atoms with Gasteiger partial charge in [-0.3, -0.25) is 0 Å². The Morgan fingerprint density at radius 2 is 1.88 bits per heavy atom. The lowest BCUT2D eigenvalue weighted by Gasteiger charge is -2.25. The van der Waals surface area contributed by atoms with E-state index in [2.05, 4.69) is 5.32 Å². The molecule has 0 aromatic heterocycles. The Morgan fingerprint density at radius 1 is 1.19 bits per heavy atom. The number of rotatable bonds is 3. The van der Waals surface area contributed by atoms with Crippen molar-refractivity contribution in [3.8, 4) is 0 Å². The van der Waals surface area contributed by atoms with Gasteiger partial charge < -0.3 is 5.32 Å². The number of halogens is 2. The van der Waals surface area contributed by atoms with Crippen LogP contribution in [0, 0.1) is 0 Å². The van der Waals surface area contributed by atoms with Gasteiger partial charge in [-0.2, -0.15) is 0 Å². The summed E-state index contributed by atoms with van der Waals surface area (Å²) >= 11 is 0. The second-order valence-electron chi connectivity index (χ2n) is 4.32. The van der Waals surface area contributed by atoms with Crippen molar-refractivity contribution in [1.29, 1.82) is 0 Å². The zero-order chi connectivity index (χ0) is 11.4. The average Bonchev–Trinajstić information content (AvgIpc) is 2.30. The minimum absolute atomic E-state index is 0.111. The Balaban J connectivity index is 2.17. The standard InChI is InChI=1S/C13H17F2N/c14-13(15)9-11-3-1-2-4-12(11)10-5-7-16-8-6-10/h1-4,10,13,16H,5-9H2. The molecule has 0 bridgehead atoms. The van der Waals surface area contributed by atoms with Crippen LogP contribution in [0.1, 0.15) is 29.9 Å². The van der Waals surface area contributed by atoms with Crippen molar-refractivity contribution in [3.05, 3.63) is 35.4 Å². The molecule has 1 aliphatic rings. The summed E-state index contributed by atoms with van der Waals surface area (Å²) in [5.74, 6) is 0.455. The summed E-state index contributed by atoms with van der Waals surface area (Å²) in [6, 6.07) is 7.64. The molecule has 1 aliphatic heterocycles. The van der Waals surface area contributed by atoms with Gasteiger partial charge in [-0.15, -0.1) is 0 Å². The Kier molecular flexibility index (Phi) is 3.88. The van der Waals surface area contributed by atoms with E-state index in [1.54, 1.807) is 0 Å². The molecule has 1 fully saturated rings. The predicted molar refractivity (Wildman–Crippen MR) is 61.0 cm³/mol. The normalized spacial score (nSPS) is 17.9. The highest BCUT2D eigenvalue weighted by molar-refractivity contribution is 5.31. The summed E-state index contributed by atoms with van der Waals surface area (Å²) in [5, 5.41) is 3.30. The molecule has 3 heteroatoms. The van der Waals surface area contributed by atoms with Crippen LogP contribution < -0.4 is 5.32 Å². The molecule has 0 aliphatic carbocycles. The summed E-state index contributed by atoms with van der Waals surface area (Å²) in [4.78, 5) is 0. The molecule has 0 saturated carbocycles. The molecule has 1 aromatic carbocycles. The van der Waals surface area contributed by atoms with Crippen LogP contribution in [0.25, 0.3) is 0 Å². The van der Waals surface area contributed by atoms with Gasteiger partial charge in [-0.25, -0.2) is 8.78 Å². The van der Waals surface area contributed by atoms with Crippen LogP contribution in [0.3, 0.4) is 0 Å². The van der Waals surface area contributed by atoms with Gasteiger partial charge >= 0.3 is 0 Å². The van der Waals surface area contributed by atoms with E-state index in [1.165, 1.54) is 0 Å². The van der Waals surface area contributed by atoms with Crippen molar-refractivity contribution in [2.75, 3.05) is 13.1 Å². The third kappa shape index (κ3) is 2.79. The maximum absolute atomic E-state index is 12.5. The third-order valence-corrected chi connectivity index (χ3v) is 3.21. The van der Waals surface area contributed by atoms with Gasteiger partial charge in [0.1, 0.15) is 0 Å². The quantitative estimate of drug-likeness (QED) is 0.834. The van der Waals surface area contributed by atoms with Gasteiger partial charge in [-0.05, 0) is 43.0 Å². The number of hydrogen-bond acceptors (Lipinski definition) is 1. The van der Waals surface area contributed by atoms with Crippen LogP contribution in [0.2, 0.25) is 0 Å². The first-order valence-electron chi connectivity index (χ1n) is 5.84. The van der Waals surface area contributed by atoms with Crippen molar-refractivity contribution < 1.29 is 8.78 Å². The van der Waals surface area contributed by atoms with Gasteiger partial charge in [0.15, 0.2) is 0 Å². The largest absolute Gasteiger partial charge is 0.317 e. The monoisotopic (exact) mass is 225 g/mol. The molecule has 1 nitrogen and oxygen atoms in total. The SMILES string of the molecule is FC(F)Cc1ccccc1C1CCNCC1. The van der Waals surface area contributed by atoms with Crippen molar-refractivity contribution in [3.63, 3.8) is 0 Å². The lowest BCUT2D eigenvalue weighted by molar-refractivity contribution is 0.148. The molecule has 1 heterocycles. The first-order valence-corrected chi connectivity index (χ1v) is 5.84. The first kappa shape index (κ1) is 11.5. The molecule has 2 rings (SSSR count). The van der Waals surface area contributed by atoms with Crippen LogP contribution in [0.4, 0.5) is 8.78 Å². The minimum Gasteiger partial charge on any atom is -0.317 e. The summed E-state index contributed by atoms with van der Waals surface area (Å²) in [5.41, 5.74) is 1.95. The summed E-state index contributed by atoms with van der Waals surface area (Å²) in [6.45, 7) is 1.99. The molecule has 0 atom stereocenters. The highest BCUT2D eigenvalue weighted by Crippen LogP contribution is 2.28. The maximum Gasteiger partial charge on any atom is 0.242 e. The second kappa shape index (κ2) is 5.39. The molecule has 0 amide bonds. The lowest BCUT2D eigenvalue weighted by Crippen LogP contribution is -2.27. The first-order chi connectivity index (χ1) is 7.77. The highest BCUT2D eigenvalue weighted by atomic mass is 19.3. The molecule has 0 spiro atoms.